The minimum Gasteiger partial charge on any atom is -0.352 e. The molecule has 23 heavy (non-hydrogen) atoms. The van der Waals surface area contributed by atoms with Crippen LogP contribution in [0.25, 0.3) is 22.2 Å². The van der Waals surface area contributed by atoms with Crippen molar-refractivity contribution in [2.75, 3.05) is 7.05 Å². The summed E-state index contributed by atoms with van der Waals surface area (Å²) >= 11 is 0. The number of nitro benzene ring substituents is 1. The molecule has 3 aromatic rings. The van der Waals surface area contributed by atoms with E-state index in [1.165, 1.54) is 25.2 Å². The average Bonchev–Trinajstić information content (AvgIpc) is 2.60. The Hall–Kier alpha value is -3.35. The molecule has 0 saturated heterocycles. The largest absolute Gasteiger partial charge is 0.352 e. The monoisotopic (exact) mass is 308 g/mol. The molecule has 0 aliphatic heterocycles. The van der Waals surface area contributed by atoms with Crippen LogP contribution in [0.2, 0.25) is 0 Å². The van der Waals surface area contributed by atoms with Crippen molar-refractivity contribution in [3.05, 3.63) is 64.5 Å². The van der Waals surface area contributed by atoms with Crippen LogP contribution < -0.4 is 5.32 Å². The predicted molar refractivity (Wildman–Crippen MR) is 85.0 cm³/mol. The molecule has 1 aromatic heterocycles. The van der Waals surface area contributed by atoms with Gasteiger partial charge in [0, 0.05) is 30.1 Å². The number of rotatable bonds is 3. The van der Waals surface area contributed by atoms with Crippen molar-refractivity contribution in [3.63, 3.8) is 0 Å². The fourth-order valence-electron chi connectivity index (χ4n) is 2.26. The summed E-state index contributed by atoms with van der Waals surface area (Å²) in [7, 11) is 1.49. The van der Waals surface area contributed by atoms with Crippen LogP contribution >= 0.6 is 0 Å². The van der Waals surface area contributed by atoms with Gasteiger partial charge in [-0.2, -0.15) is 0 Å². The van der Waals surface area contributed by atoms with Gasteiger partial charge < -0.3 is 5.32 Å². The van der Waals surface area contributed by atoms with Gasteiger partial charge in [0.05, 0.1) is 16.1 Å². The van der Waals surface area contributed by atoms with E-state index in [1.54, 1.807) is 0 Å². The maximum absolute atomic E-state index is 11.9. The second kappa shape index (κ2) is 5.80. The lowest BCUT2D eigenvalue weighted by atomic mass is 10.1. The molecule has 114 valence electrons. The zero-order valence-electron chi connectivity index (χ0n) is 12.2. The summed E-state index contributed by atoms with van der Waals surface area (Å²) in [5.41, 5.74) is 1.66. The average molecular weight is 308 g/mol. The Morgan fingerprint density at radius 2 is 1.87 bits per heavy atom. The number of hydrogen-bond acceptors (Lipinski definition) is 5. The first-order chi connectivity index (χ1) is 11.1. The van der Waals surface area contributed by atoms with E-state index in [0.717, 1.165) is 5.56 Å². The molecule has 2 aromatic carbocycles. The molecule has 3 rings (SSSR count). The van der Waals surface area contributed by atoms with E-state index in [9.17, 15) is 14.9 Å². The SMILES string of the molecule is CNC(=O)c1nc(-c2ccccc2)c2cc([N+](=O)[O-])ccc2n1. The Kier molecular flexibility index (Phi) is 3.68. The number of nitrogens with one attached hydrogen (secondary N) is 1. The van der Waals surface area contributed by atoms with E-state index in [0.29, 0.717) is 16.6 Å². The molecule has 1 amide bonds. The molecular weight excluding hydrogens is 296 g/mol. The number of aromatic nitrogens is 2. The van der Waals surface area contributed by atoms with Crippen LogP contribution in [0.5, 0.6) is 0 Å². The Morgan fingerprint density at radius 3 is 2.52 bits per heavy atom. The van der Waals surface area contributed by atoms with Gasteiger partial charge in [0.1, 0.15) is 0 Å². The molecule has 7 nitrogen and oxygen atoms in total. The minimum atomic E-state index is -0.471. The van der Waals surface area contributed by atoms with E-state index in [-0.39, 0.29) is 11.5 Å². The third-order valence-electron chi connectivity index (χ3n) is 3.37. The number of amides is 1. The summed E-state index contributed by atoms with van der Waals surface area (Å²) in [4.78, 5) is 30.9. The minimum absolute atomic E-state index is 0.0210. The third-order valence-corrected chi connectivity index (χ3v) is 3.37. The summed E-state index contributed by atoms with van der Waals surface area (Å²) in [6.07, 6.45) is 0. The first-order valence-corrected chi connectivity index (χ1v) is 6.84. The smallest absolute Gasteiger partial charge is 0.288 e. The molecule has 0 radical (unpaired) electrons. The zero-order chi connectivity index (χ0) is 16.4. The first-order valence-electron chi connectivity index (χ1n) is 6.84. The van der Waals surface area contributed by atoms with Gasteiger partial charge in [-0.05, 0) is 6.07 Å². The highest BCUT2D eigenvalue weighted by molar-refractivity contribution is 5.98. The van der Waals surface area contributed by atoms with Crippen LogP contribution in [-0.2, 0) is 0 Å². The molecular formula is C16H12N4O3. The van der Waals surface area contributed by atoms with Gasteiger partial charge in [-0.3, -0.25) is 14.9 Å². The number of benzene rings is 2. The molecule has 0 spiro atoms. The van der Waals surface area contributed by atoms with Gasteiger partial charge in [-0.15, -0.1) is 0 Å². The number of non-ortho nitro benzene ring substituents is 1. The fourth-order valence-corrected chi connectivity index (χ4v) is 2.26. The molecule has 1 heterocycles. The standard InChI is InChI=1S/C16H12N4O3/c1-17-16(21)15-18-13-8-7-11(20(22)23)9-12(13)14(19-15)10-5-3-2-4-6-10/h2-9H,1H3,(H,17,21). The van der Waals surface area contributed by atoms with Gasteiger partial charge in [0.2, 0.25) is 5.82 Å². The van der Waals surface area contributed by atoms with Crippen molar-refractivity contribution in [1.82, 2.24) is 15.3 Å². The highest BCUT2D eigenvalue weighted by atomic mass is 16.6. The second-order valence-corrected chi connectivity index (χ2v) is 4.80. The fraction of sp³-hybridized carbons (Fsp3) is 0.0625. The molecule has 0 bridgehead atoms. The lowest BCUT2D eigenvalue weighted by molar-refractivity contribution is -0.384. The number of carbonyl (C=O) groups is 1. The summed E-state index contributed by atoms with van der Waals surface area (Å²) in [6.45, 7) is 0. The second-order valence-electron chi connectivity index (χ2n) is 4.80. The zero-order valence-corrected chi connectivity index (χ0v) is 12.2. The van der Waals surface area contributed by atoms with E-state index in [4.69, 9.17) is 0 Å². The third kappa shape index (κ3) is 2.71. The van der Waals surface area contributed by atoms with Crippen molar-refractivity contribution in [2.45, 2.75) is 0 Å². The van der Waals surface area contributed by atoms with Crippen molar-refractivity contribution in [3.8, 4) is 11.3 Å². The number of nitro groups is 1. The Bertz CT molecular complexity index is 910. The Labute approximate surface area is 131 Å². The van der Waals surface area contributed by atoms with Crippen LogP contribution in [0.1, 0.15) is 10.6 Å². The molecule has 0 aliphatic rings. The maximum Gasteiger partial charge on any atom is 0.288 e. The van der Waals surface area contributed by atoms with Crippen molar-refractivity contribution in [1.29, 1.82) is 0 Å². The highest BCUT2D eigenvalue weighted by Crippen LogP contribution is 2.29. The van der Waals surface area contributed by atoms with E-state index in [2.05, 4.69) is 15.3 Å². The van der Waals surface area contributed by atoms with Gasteiger partial charge >= 0.3 is 0 Å². The number of carbonyl (C=O) groups excluding carboxylic acids is 1. The Morgan fingerprint density at radius 1 is 1.13 bits per heavy atom. The van der Waals surface area contributed by atoms with Crippen LogP contribution in [-0.4, -0.2) is 27.8 Å². The normalized spacial score (nSPS) is 10.5. The van der Waals surface area contributed by atoms with Crippen molar-refractivity contribution < 1.29 is 9.72 Å². The molecule has 0 aliphatic carbocycles. The van der Waals surface area contributed by atoms with Crippen LogP contribution in [0.15, 0.2) is 48.5 Å². The quantitative estimate of drug-likeness (QED) is 0.592. The number of fused-ring (bicyclic) bond motifs is 1. The van der Waals surface area contributed by atoms with Gasteiger partial charge in [-0.25, -0.2) is 9.97 Å². The summed E-state index contributed by atoms with van der Waals surface area (Å²) in [6, 6.07) is 13.5. The molecule has 1 N–H and O–H groups in total. The van der Waals surface area contributed by atoms with Crippen molar-refractivity contribution in [2.24, 2.45) is 0 Å². The van der Waals surface area contributed by atoms with Gasteiger partial charge in [0.15, 0.2) is 0 Å². The lowest BCUT2D eigenvalue weighted by Gasteiger charge is -2.08. The summed E-state index contributed by atoms with van der Waals surface area (Å²) in [5, 5.41) is 14.0. The number of nitrogens with zero attached hydrogens (tertiary/aromatic N) is 3. The Balaban J connectivity index is 2.34. The van der Waals surface area contributed by atoms with E-state index < -0.39 is 10.8 Å². The van der Waals surface area contributed by atoms with Crippen LogP contribution in [0, 0.1) is 10.1 Å². The van der Waals surface area contributed by atoms with Gasteiger partial charge in [-0.1, -0.05) is 30.3 Å². The summed E-state index contributed by atoms with van der Waals surface area (Å²) < 4.78 is 0. The summed E-state index contributed by atoms with van der Waals surface area (Å²) in [5.74, 6) is -0.393. The lowest BCUT2D eigenvalue weighted by Crippen LogP contribution is -2.21. The molecule has 0 fully saturated rings. The molecule has 0 saturated carbocycles. The molecule has 7 heteroatoms. The topological polar surface area (TPSA) is 98.0 Å². The first kappa shape index (κ1) is 14.6. The number of hydrogen-bond donors (Lipinski definition) is 1. The van der Waals surface area contributed by atoms with Crippen LogP contribution in [0.3, 0.4) is 0 Å². The van der Waals surface area contributed by atoms with Crippen LogP contribution in [0.4, 0.5) is 5.69 Å². The van der Waals surface area contributed by atoms with Crippen molar-refractivity contribution >= 4 is 22.5 Å². The van der Waals surface area contributed by atoms with Gasteiger partial charge in [0.25, 0.3) is 11.6 Å². The molecule has 0 atom stereocenters. The predicted octanol–water partition coefficient (Wildman–Crippen LogP) is 2.56. The van der Waals surface area contributed by atoms with E-state index in [1.807, 2.05) is 30.3 Å². The highest BCUT2D eigenvalue weighted by Gasteiger charge is 2.16. The molecule has 0 unspecified atom stereocenters. The van der Waals surface area contributed by atoms with E-state index >= 15 is 0 Å². The maximum atomic E-state index is 11.9.